The van der Waals surface area contributed by atoms with Gasteiger partial charge < -0.3 is 10.8 Å². The number of carboxylic acids is 1. The van der Waals surface area contributed by atoms with Gasteiger partial charge in [-0.05, 0) is 6.07 Å². The number of aryl methyl sites for hydroxylation is 2. The molecule has 100 valence electrons. The molecule has 3 N–H and O–H groups in total. The van der Waals surface area contributed by atoms with Gasteiger partial charge in [0.25, 0.3) is 0 Å². The van der Waals surface area contributed by atoms with E-state index >= 15 is 0 Å². The smallest absolute Gasteiger partial charge is 0.337 e. The van der Waals surface area contributed by atoms with Crippen molar-refractivity contribution in [3.05, 3.63) is 29.5 Å². The van der Waals surface area contributed by atoms with Gasteiger partial charge in [-0.1, -0.05) is 13.8 Å². The van der Waals surface area contributed by atoms with E-state index in [4.69, 9.17) is 10.8 Å². The molecule has 0 bridgehead atoms. The van der Waals surface area contributed by atoms with Gasteiger partial charge in [0.05, 0.1) is 11.3 Å². The highest BCUT2D eigenvalue weighted by atomic mass is 16.4. The molecule has 0 spiro atoms. The molecule has 2 rings (SSSR count). The molecule has 0 amide bonds. The number of aromatic carboxylic acids is 1. The average Bonchev–Trinajstić information content (AvgIpc) is 2.81. The molecule has 0 fully saturated rings. The Hall–Kier alpha value is -2.44. The van der Waals surface area contributed by atoms with E-state index < -0.39 is 5.97 Å². The Bertz CT molecular complexity index is 621. The van der Waals surface area contributed by atoms with Gasteiger partial charge in [0.1, 0.15) is 5.82 Å². The fourth-order valence-electron chi connectivity index (χ4n) is 1.76. The predicted molar refractivity (Wildman–Crippen MR) is 69.3 cm³/mol. The summed E-state index contributed by atoms with van der Waals surface area (Å²) in [5.74, 6) is 0.608. The van der Waals surface area contributed by atoms with Crippen LogP contribution in [0.3, 0.4) is 0 Å². The molecule has 0 unspecified atom stereocenters. The first-order chi connectivity index (χ1) is 9.08. The summed E-state index contributed by atoms with van der Waals surface area (Å²) in [6.07, 6.45) is 2.76. The topological polar surface area (TPSA) is 107 Å². The zero-order valence-corrected chi connectivity index (χ0v) is 10.8. The molecular weight excluding hydrogens is 246 g/mol. The first-order valence-electron chi connectivity index (χ1n) is 6.01. The van der Waals surface area contributed by atoms with E-state index in [1.165, 1.54) is 16.9 Å². The standard InChI is InChI=1S/C12H15N5O2/c1-3-8-15-9(4-2)17(16-8)11-10(13)7(12(18)19)5-6-14-11/h5-6H,3-4,13H2,1-2H3,(H,18,19). The van der Waals surface area contributed by atoms with Crippen molar-refractivity contribution in [1.82, 2.24) is 19.7 Å². The Morgan fingerprint density at radius 2 is 2.16 bits per heavy atom. The number of anilines is 1. The fourth-order valence-corrected chi connectivity index (χ4v) is 1.76. The largest absolute Gasteiger partial charge is 0.478 e. The Morgan fingerprint density at radius 3 is 2.74 bits per heavy atom. The van der Waals surface area contributed by atoms with Gasteiger partial charge >= 0.3 is 5.97 Å². The Morgan fingerprint density at radius 1 is 1.42 bits per heavy atom. The van der Waals surface area contributed by atoms with E-state index in [-0.39, 0.29) is 11.3 Å². The minimum atomic E-state index is -1.09. The van der Waals surface area contributed by atoms with Crippen molar-refractivity contribution in [2.75, 3.05) is 5.73 Å². The van der Waals surface area contributed by atoms with E-state index in [0.29, 0.717) is 30.3 Å². The van der Waals surface area contributed by atoms with E-state index in [1.54, 1.807) is 0 Å². The SMILES string of the molecule is CCc1nc(CC)n(-c2nccc(C(=O)O)c2N)n1. The van der Waals surface area contributed by atoms with Crippen molar-refractivity contribution >= 4 is 11.7 Å². The fraction of sp³-hybridized carbons (Fsp3) is 0.333. The summed E-state index contributed by atoms with van der Waals surface area (Å²) in [4.78, 5) is 19.5. The quantitative estimate of drug-likeness (QED) is 0.852. The summed E-state index contributed by atoms with van der Waals surface area (Å²) in [5, 5.41) is 13.4. The summed E-state index contributed by atoms with van der Waals surface area (Å²) < 4.78 is 1.51. The molecule has 0 aliphatic rings. The summed E-state index contributed by atoms with van der Waals surface area (Å²) in [5.41, 5.74) is 5.97. The Labute approximate surface area is 110 Å². The van der Waals surface area contributed by atoms with Crippen molar-refractivity contribution in [3.63, 3.8) is 0 Å². The second kappa shape index (κ2) is 5.05. The third kappa shape index (κ3) is 2.26. The molecule has 2 heterocycles. The maximum Gasteiger partial charge on any atom is 0.337 e. The number of nitrogens with zero attached hydrogens (tertiary/aromatic N) is 4. The molecule has 19 heavy (non-hydrogen) atoms. The lowest BCUT2D eigenvalue weighted by atomic mass is 10.2. The third-order valence-electron chi connectivity index (χ3n) is 2.75. The van der Waals surface area contributed by atoms with Gasteiger partial charge in [-0.25, -0.2) is 14.8 Å². The highest BCUT2D eigenvalue weighted by Crippen LogP contribution is 2.20. The Balaban J connectivity index is 2.61. The second-order valence-corrected chi connectivity index (χ2v) is 3.96. The van der Waals surface area contributed by atoms with Crippen molar-refractivity contribution in [1.29, 1.82) is 0 Å². The van der Waals surface area contributed by atoms with E-state index in [9.17, 15) is 4.79 Å². The molecule has 2 aromatic heterocycles. The summed E-state index contributed by atoms with van der Waals surface area (Å²) in [6, 6.07) is 1.37. The zero-order chi connectivity index (χ0) is 14.0. The van der Waals surface area contributed by atoms with Crippen molar-refractivity contribution in [2.24, 2.45) is 0 Å². The minimum absolute atomic E-state index is 0.0144. The van der Waals surface area contributed by atoms with Crippen LogP contribution < -0.4 is 5.73 Å². The minimum Gasteiger partial charge on any atom is -0.478 e. The van der Waals surface area contributed by atoms with Gasteiger partial charge in [-0.2, -0.15) is 4.68 Å². The van der Waals surface area contributed by atoms with E-state index in [2.05, 4.69) is 15.1 Å². The first-order valence-corrected chi connectivity index (χ1v) is 6.01. The van der Waals surface area contributed by atoms with Crippen LogP contribution in [0.15, 0.2) is 12.3 Å². The van der Waals surface area contributed by atoms with Crippen LogP contribution in [0.1, 0.15) is 35.9 Å². The predicted octanol–water partition coefficient (Wildman–Crippen LogP) is 1.07. The lowest BCUT2D eigenvalue weighted by Crippen LogP contribution is -2.12. The van der Waals surface area contributed by atoms with E-state index in [1.807, 2.05) is 13.8 Å². The maximum absolute atomic E-state index is 11.1. The lowest BCUT2D eigenvalue weighted by Gasteiger charge is -2.08. The van der Waals surface area contributed by atoms with Gasteiger partial charge in [0, 0.05) is 19.0 Å². The van der Waals surface area contributed by atoms with Gasteiger partial charge in [0.2, 0.25) is 0 Å². The van der Waals surface area contributed by atoms with Crippen molar-refractivity contribution < 1.29 is 9.90 Å². The number of hydrogen-bond acceptors (Lipinski definition) is 5. The normalized spacial score (nSPS) is 10.6. The number of rotatable bonds is 4. The number of carbonyl (C=O) groups is 1. The first kappa shape index (κ1) is 13.0. The zero-order valence-electron chi connectivity index (χ0n) is 10.8. The molecule has 2 aromatic rings. The van der Waals surface area contributed by atoms with Crippen molar-refractivity contribution in [2.45, 2.75) is 26.7 Å². The molecule has 0 aromatic carbocycles. The lowest BCUT2D eigenvalue weighted by molar-refractivity contribution is 0.0698. The molecule has 0 aliphatic heterocycles. The van der Waals surface area contributed by atoms with Crippen LogP contribution in [0.4, 0.5) is 5.69 Å². The van der Waals surface area contributed by atoms with Gasteiger partial charge in [-0.3, -0.25) is 0 Å². The number of aromatic nitrogens is 4. The molecule has 7 heteroatoms. The molecule has 0 aliphatic carbocycles. The molecule has 0 saturated carbocycles. The number of nitrogens with two attached hydrogens (primary N) is 1. The van der Waals surface area contributed by atoms with Crippen LogP contribution in [-0.4, -0.2) is 30.8 Å². The number of carboxylic acid groups (broad SMARTS) is 1. The molecule has 0 radical (unpaired) electrons. The summed E-state index contributed by atoms with van der Waals surface area (Å²) in [6.45, 7) is 3.89. The van der Waals surface area contributed by atoms with Gasteiger partial charge in [0.15, 0.2) is 11.6 Å². The number of pyridine rings is 1. The van der Waals surface area contributed by atoms with Crippen LogP contribution in [0.25, 0.3) is 5.82 Å². The monoisotopic (exact) mass is 261 g/mol. The molecule has 0 saturated heterocycles. The highest BCUT2D eigenvalue weighted by molar-refractivity contribution is 5.95. The van der Waals surface area contributed by atoms with Crippen LogP contribution in [0.5, 0.6) is 0 Å². The van der Waals surface area contributed by atoms with Crippen LogP contribution >= 0.6 is 0 Å². The summed E-state index contributed by atoms with van der Waals surface area (Å²) in [7, 11) is 0. The molecule has 7 nitrogen and oxygen atoms in total. The van der Waals surface area contributed by atoms with Crippen LogP contribution in [-0.2, 0) is 12.8 Å². The number of nitrogen functional groups attached to an aromatic ring is 1. The molecular formula is C12H15N5O2. The van der Waals surface area contributed by atoms with Crippen LogP contribution in [0, 0.1) is 0 Å². The second-order valence-electron chi connectivity index (χ2n) is 3.96. The summed E-state index contributed by atoms with van der Waals surface area (Å²) >= 11 is 0. The van der Waals surface area contributed by atoms with E-state index in [0.717, 1.165) is 0 Å². The average molecular weight is 261 g/mol. The van der Waals surface area contributed by atoms with Crippen LogP contribution in [0.2, 0.25) is 0 Å². The Kier molecular flexibility index (Phi) is 3.46. The number of hydrogen-bond donors (Lipinski definition) is 2. The highest BCUT2D eigenvalue weighted by Gasteiger charge is 2.17. The van der Waals surface area contributed by atoms with Gasteiger partial charge in [-0.15, -0.1) is 5.10 Å². The molecule has 0 atom stereocenters. The van der Waals surface area contributed by atoms with Crippen molar-refractivity contribution in [3.8, 4) is 5.82 Å². The third-order valence-corrected chi connectivity index (χ3v) is 2.75. The maximum atomic E-state index is 11.1.